The fraction of sp³-hybridized carbons (Fsp3) is 0.458. The molecule has 1 aromatic rings. The molecule has 0 bridgehead atoms. The lowest BCUT2D eigenvalue weighted by molar-refractivity contribution is -0.595. The van der Waals surface area contributed by atoms with Crippen LogP contribution in [0.1, 0.15) is 33.3 Å². The minimum atomic E-state index is -0.592. The number of piperazine rings is 1. The van der Waals surface area contributed by atoms with Gasteiger partial charge in [-0.15, -0.1) is 0 Å². The molecule has 186 valence electrons. The number of pyridine rings is 1. The molecule has 1 fully saturated rings. The molecule has 3 N–H and O–H groups in total. The fourth-order valence-electron chi connectivity index (χ4n) is 3.53. The van der Waals surface area contributed by atoms with E-state index in [4.69, 9.17) is 26.5 Å². The molecule has 0 saturated carbocycles. The predicted molar refractivity (Wildman–Crippen MR) is 130 cm³/mol. The van der Waals surface area contributed by atoms with Crippen molar-refractivity contribution in [2.75, 3.05) is 46.9 Å². The van der Waals surface area contributed by atoms with Crippen molar-refractivity contribution in [3.8, 4) is 5.88 Å². The fourth-order valence-corrected chi connectivity index (χ4v) is 3.66. The van der Waals surface area contributed by atoms with Crippen LogP contribution >= 0.6 is 11.6 Å². The maximum Gasteiger partial charge on any atom is 0.278 e. The number of nitrogens with zero attached hydrogens (tertiary/aromatic N) is 3. The summed E-state index contributed by atoms with van der Waals surface area (Å²) in [5.41, 5.74) is 2.51. The molecule has 2 rings (SSSR count). The van der Waals surface area contributed by atoms with Crippen LogP contribution in [0.3, 0.4) is 0 Å². The first-order chi connectivity index (χ1) is 16.1. The summed E-state index contributed by atoms with van der Waals surface area (Å²) in [6.45, 7) is 10.2. The molecule has 34 heavy (non-hydrogen) atoms. The summed E-state index contributed by atoms with van der Waals surface area (Å²) in [6, 6.07) is 1.40. The van der Waals surface area contributed by atoms with Crippen LogP contribution in [-0.2, 0) is 9.53 Å². The number of allylic oxidation sites excluding steroid dienone is 5. The minimum Gasteiger partial charge on any atom is -0.495 e. The van der Waals surface area contributed by atoms with Crippen molar-refractivity contribution in [3.05, 3.63) is 57.5 Å². The molecule has 1 aliphatic heterocycles. The van der Waals surface area contributed by atoms with E-state index in [1.165, 1.54) is 13.2 Å². The third-order valence-corrected chi connectivity index (χ3v) is 6.07. The average Bonchev–Trinajstić information content (AvgIpc) is 2.84. The smallest absolute Gasteiger partial charge is 0.278 e. The van der Waals surface area contributed by atoms with Gasteiger partial charge >= 0.3 is 0 Å². The average molecular weight is 495 g/mol. The molecule has 0 unspecified atom stereocenters. The van der Waals surface area contributed by atoms with Gasteiger partial charge in [0, 0.05) is 62.1 Å². The number of amides is 1. The summed E-state index contributed by atoms with van der Waals surface area (Å²) in [4.78, 5) is 20.6. The first kappa shape index (κ1) is 27.3. The van der Waals surface area contributed by atoms with Gasteiger partial charge in [0.15, 0.2) is 12.4 Å². The normalized spacial score (nSPS) is 16.1. The molecule has 0 radical (unpaired) electrons. The molecule has 0 aromatic carbocycles. The zero-order chi connectivity index (χ0) is 25.4. The molecular formula is C24H34ClFN5O3+. The van der Waals surface area contributed by atoms with Gasteiger partial charge in [-0.25, -0.2) is 9.37 Å². The Kier molecular flexibility index (Phi) is 10.1. The Morgan fingerprint density at radius 2 is 1.82 bits per heavy atom. The maximum atomic E-state index is 14.2. The van der Waals surface area contributed by atoms with Crippen molar-refractivity contribution < 1.29 is 24.0 Å². The Hall–Kier alpha value is -2.91. The number of rotatable bonds is 9. The number of carbonyl (C=O) groups excluding carboxylic acids is 1. The van der Waals surface area contributed by atoms with Crippen molar-refractivity contribution >= 4 is 23.2 Å². The summed E-state index contributed by atoms with van der Waals surface area (Å²) in [7, 11) is 3.02. The number of hydrogen-bond donors (Lipinski definition) is 2. The van der Waals surface area contributed by atoms with Gasteiger partial charge in [-0.3, -0.25) is 10.2 Å². The summed E-state index contributed by atoms with van der Waals surface area (Å²) >= 11 is 6.04. The van der Waals surface area contributed by atoms with Crippen molar-refractivity contribution in [1.29, 1.82) is 5.41 Å². The van der Waals surface area contributed by atoms with Crippen LogP contribution in [0.4, 0.5) is 4.39 Å². The Balaban J connectivity index is 1.95. The summed E-state index contributed by atoms with van der Waals surface area (Å²) in [5.74, 6) is 0.291. The van der Waals surface area contributed by atoms with Crippen LogP contribution in [0.25, 0.3) is 0 Å². The highest BCUT2D eigenvalue weighted by Crippen LogP contribution is 2.18. The van der Waals surface area contributed by atoms with E-state index < -0.39 is 5.82 Å². The highest BCUT2D eigenvalue weighted by molar-refractivity contribution is 6.29. The van der Waals surface area contributed by atoms with Gasteiger partial charge in [0.05, 0.1) is 31.2 Å². The van der Waals surface area contributed by atoms with E-state index in [1.807, 2.05) is 24.8 Å². The summed E-state index contributed by atoms with van der Waals surface area (Å²) < 4.78 is 24.5. The number of ether oxygens (including phenoxy) is 2. The number of nitrogens with two attached hydrogens (primary N) is 1. The van der Waals surface area contributed by atoms with Gasteiger partial charge in [-0.1, -0.05) is 11.6 Å². The van der Waals surface area contributed by atoms with Crippen molar-refractivity contribution in [2.24, 2.45) is 0 Å². The van der Waals surface area contributed by atoms with Gasteiger partial charge in [0.25, 0.3) is 5.91 Å². The van der Waals surface area contributed by atoms with Crippen LogP contribution in [0.5, 0.6) is 5.88 Å². The first-order valence-electron chi connectivity index (χ1n) is 11.0. The number of quaternary nitrogens is 1. The third-order valence-electron chi connectivity index (χ3n) is 5.89. The molecule has 0 spiro atoms. The topological polar surface area (TPSA) is 95.4 Å². The molecule has 8 nitrogen and oxygen atoms in total. The van der Waals surface area contributed by atoms with E-state index in [0.29, 0.717) is 42.5 Å². The standard InChI is InChI=1S/C24H33ClFN5O3/c1-15(11-21(33-5)17(3)25)30-7-9-31(10-8-30)23(32)14-28-18(4)16(2)24(27)19-12-22(34-6)29-13-20(19)26/h11-13,27-28H,7-10,14H2,1-6H3/p+1. The van der Waals surface area contributed by atoms with E-state index in [1.54, 1.807) is 26.3 Å². The summed E-state index contributed by atoms with van der Waals surface area (Å²) in [5, 5.41) is 10.8. The van der Waals surface area contributed by atoms with E-state index in [2.05, 4.69) is 9.88 Å². The summed E-state index contributed by atoms with van der Waals surface area (Å²) in [6.07, 6.45) is 2.94. The monoisotopic (exact) mass is 494 g/mol. The second-order valence-electron chi connectivity index (χ2n) is 8.05. The first-order valence-corrected chi connectivity index (χ1v) is 11.4. The van der Waals surface area contributed by atoms with Crippen LogP contribution in [-0.4, -0.2) is 73.3 Å². The third kappa shape index (κ3) is 7.04. The number of halogens is 2. The van der Waals surface area contributed by atoms with Gasteiger partial charge in [-0.2, -0.15) is 0 Å². The van der Waals surface area contributed by atoms with E-state index in [9.17, 15) is 9.18 Å². The molecule has 1 aromatic heterocycles. The lowest BCUT2D eigenvalue weighted by Crippen LogP contribution is -2.84. The highest BCUT2D eigenvalue weighted by atomic mass is 35.5. The number of nitrogens with one attached hydrogen (secondary N) is 1. The lowest BCUT2D eigenvalue weighted by atomic mass is 10.0. The highest BCUT2D eigenvalue weighted by Gasteiger charge is 2.23. The molecule has 10 heteroatoms. The predicted octanol–water partition coefficient (Wildman–Crippen LogP) is 2.62. The van der Waals surface area contributed by atoms with Crippen molar-refractivity contribution in [2.45, 2.75) is 27.7 Å². The Bertz CT molecular complexity index is 1010. The Morgan fingerprint density at radius 1 is 1.21 bits per heavy atom. The van der Waals surface area contributed by atoms with Gasteiger partial charge in [0.1, 0.15) is 11.5 Å². The Morgan fingerprint density at radius 3 is 2.38 bits per heavy atom. The number of aromatic nitrogens is 1. The molecule has 1 aliphatic rings. The van der Waals surface area contributed by atoms with Crippen molar-refractivity contribution in [3.63, 3.8) is 0 Å². The van der Waals surface area contributed by atoms with E-state index in [-0.39, 0.29) is 29.6 Å². The molecule has 2 heterocycles. The van der Waals surface area contributed by atoms with E-state index >= 15 is 0 Å². The SMILES string of the molecule is COC(C=C(C)N1CCN(C(=O)C[NH2+]C(C)=C(C)C(=N)c2cc(OC)ncc2F)CC1)=C(C)Cl. The molecule has 0 atom stereocenters. The zero-order valence-corrected chi connectivity index (χ0v) is 21.4. The number of carbonyl (C=O) groups is 1. The van der Waals surface area contributed by atoms with Crippen LogP contribution in [0.15, 0.2) is 46.1 Å². The number of methoxy groups -OCH3 is 2. The second-order valence-corrected chi connectivity index (χ2v) is 8.62. The second kappa shape index (κ2) is 12.5. The molecule has 1 saturated heterocycles. The molecular weight excluding hydrogens is 461 g/mol. The number of hydrogen-bond acceptors (Lipinski definition) is 6. The maximum absolute atomic E-state index is 14.2. The zero-order valence-electron chi connectivity index (χ0n) is 20.7. The van der Waals surface area contributed by atoms with Crippen LogP contribution in [0, 0.1) is 11.2 Å². The lowest BCUT2D eigenvalue weighted by Gasteiger charge is -2.36. The Labute approximate surface area is 205 Å². The van der Waals surface area contributed by atoms with Gasteiger partial charge < -0.3 is 24.6 Å². The van der Waals surface area contributed by atoms with Crippen LogP contribution in [0.2, 0.25) is 0 Å². The quantitative estimate of drug-likeness (QED) is 0.312. The largest absolute Gasteiger partial charge is 0.495 e. The van der Waals surface area contributed by atoms with Crippen molar-refractivity contribution in [1.82, 2.24) is 14.8 Å². The van der Waals surface area contributed by atoms with Crippen LogP contribution < -0.4 is 10.1 Å². The molecule has 0 aliphatic carbocycles. The molecule has 1 amide bonds. The van der Waals surface area contributed by atoms with Gasteiger partial charge in [-0.05, 0) is 20.8 Å². The minimum absolute atomic E-state index is 0.0193. The van der Waals surface area contributed by atoms with Gasteiger partial charge in [0.2, 0.25) is 5.88 Å². The van der Waals surface area contributed by atoms with E-state index in [0.717, 1.165) is 17.6 Å².